The van der Waals surface area contributed by atoms with E-state index in [-0.39, 0.29) is 6.10 Å². The first-order valence-electron chi connectivity index (χ1n) is 16.5. The standard InChI is InChI=1S/C33H58O6/c1-19(2)7-6-8-20(3)24-11-12-25-23-10-9-21-17-22(13-15-32(21,4)26(23)14-16-33(24,25)5)38-31-30(37)29(36)28(35)27(18-34)39-31/h19-31,34-37H,6-18H2,1-5H3/t20-,21+,22+,23+,24-,25+,26+,27-,28-,29+,30-,31-,32+,33-/m1/s1. The van der Waals surface area contributed by atoms with E-state index in [4.69, 9.17) is 9.47 Å². The van der Waals surface area contributed by atoms with Gasteiger partial charge in [-0.15, -0.1) is 0 Å². The highest BCUT2D eigenvalue weighted by Crippen LogP contribution is 2.68. The molecule has 4 N–H and O–H groups in total. The molecule has 0 unspecified atom stereocenters. The largest absolute Gasteiger partial charge is 0.394 e. The Labute approximate surface area is 237 Å². The second-order valence-corrected chi connectivity index (χ2v) is 15.4. The van der Waals surface area contributed by atoms with Gasteiger partial charge in [0.2, 0.25) is 0 Å². The van der Waals surface area contributed by atoms with E-state index in [0.29, 0.717) is 16.7 Å². The molecule has 5 aliphatic rings. The quantitative estimate of drug-likeness (QED) is 0.307. The smallest absolute Gasteiger partial charge is 0.186 e. The Balaban J connectivity index is 1.21. The average molecular weight is 551 g/mol. The van der Waals surface area contributed by atoms with Crippen molar-refractivity contribution in [3.8, 4) is 0 Å². The van der Waals surface area contributed by atoms with E-state index in [9.17, 15) is 20.4 Å². The first kappa shape index (κ1) is 30.2. The second-order valence-electron chi connectivity index (χ2n) is 15.4. The van der Waals surface area contributed by atoms with Crippen molar-refractivity contribution < 1.29 is 29.9 Å². The van der Waals surface area contributed by atoms with Gasteiger partial charge in [0.15, 0.2) is 6.29 Å². The van der Waals surface area contributed by atoms with Gasteiger partial charge in [0, 0.05) is 0 Å². The monoisotopic (exact) mass is 550 g/mol. The Hall–Kier alpha value is -0.240. The van der Waals surface area contributed by atoms with Crippen molar-refractivity contribution in [3.05, 3.63) is 0 Å². The van der Waals surface area contributed by atoms with Gasteiger partial charge in [-0.1, -0.05) is 53.9 Å². The summed E-state index contributed by atoms with van der Waals surface area (Å²) in [5.41, 5.74) is 0.867. The second kappa shape index (κ2) is 11.8. The van der Waals surface area contributed by atoms with E-state index in [1.165, 1.54) is 57.8 Å². The van der Waals surface area contributed by atoms with Gasteiger partial charge in [0.1, 0.15) is 24.4 Å². The number of ether oxygens (including phenoxy) is 2. The average Bonchev–Trinajstić information content (AvgIpc) is 3.26. The minimum atomic E-state index is -1.38. The minimum Gasteiger partial charge on any atom is -0.394 e. The topological polar surface area (TPSA) is 99.4 Å². The van der Waals surface area contributed by atoms with Crippen LogP contribution in [0.4, 0.5) is 0 Å². The van der Waals surface area contributed by atoms with Gasteiger partial charge >= 0.3 is 0 Å². The van der Waals surface area contributed by atoms with Crippen LogP contribution in [-0.4, -0.2) is 63.8 Å². The molecular weight excluding hydrogens is 492 g/mol. The molecule has 5 rings (SSSR count). The number of aliphatic hydroxyl groups excluding tert-OH is 4. The summed E-state index contributed by atoms with van der Waals surface area (Å²) < 4.78 is 11.9. The first-order valence-corrected chi connectivity index (χ1v) is 16.5. The van der Waals surface area contributed by atoms with Crippen LogP contribution in [-0.2, 0) is 9.47 Å². The fraction of sp³-hybridized carbons (Fsp3) is 1.00. The molecule has 0 aromatic heterocycles. The van der Waals surface area contributed by atoms with Crippen LogP contribution in [0.1, 0.15) is 112 Å². The molecule has 0 aromatic rings. The lowest BCUT2D eigenvalue weighted by Crippen LogP contribution is -2.60. The van der Waals surface area contributed by atoms with Crippen molar-refractivity contribution in [2.45, 2.75) is 148 Å². The molecule has 4 saturated carbocycles. The fourth-order valence-corrected chi connectivity index (χ4v) is 10.7. The summed E-state index contributed by atoms with van der Waals surface area (Å²) >= 11 is 0. The van der Waals surface area contributed by atoms with Gasteiger partial charge < -0.3 is 29.9 Å². The summed E-state index contributed by atoms with van der Waals surface area (Å²) in [6.45, 7) is 12.1. The molecule has 1 saturated heterocycles. The number of fused-ring (bicyclic) bond motifs is 5. The summed E-state index contributed by atoms with van der Waals surface area (Å²) in [5, 5.41) is 40.3. The SMILES string of the molecule is CC(C)CCC[C@@H](C)[C@H]1CC[C@H]2[C@@H]3CC[C@H]4C[C@@H](O[C@@H]5O[C@H](CO)[C@@H](O)[C@H](O)[C@H]5O)CC[C@]4(C)[C@H]3CC[C@]12C. The number of aliphatic hydroxyl groups is 4. The van der Waals surface area contributed by atoms with Gasteiger partial charge in [-0.25, -0.2) is 0 Å². The van der Waals surface area contributed by atoms with Crippen LogP contribution < -0.4 is 0 Å². The Morgan fingerprint density at radius 3 is 2.26 bits per heavy atom. The van der Waals surface area contributed by atoms with Crippen molar-refractivity contribution in [1.82, 2.24) is 0 Å². The Morgan fingerprint density at radius 1 is 0.821 bits per heavy atom. The zero-order valence-electron chi connectivity index (χ0n) is 25.3. The van der Waals surface area contributed by atoms with Crippen molar-refractivity contribution in [1.29, 1.82) is 0 Å². The number of rotatable bonds is 8. The van der Waals surface area contributed by atoms with Crippen molar-refractivity contribution in [2.24, 2.45) is 52.3 Å². The molecule has 0 bridgehead atoms. The first-order chi connectivity index (χ1) is 18.5. The molecule has 1 heterocycles. The summed E-state index contributed by atoms with van der Waals surface area (Å²) in [6.07, 6.45) is 9.41. The maximum absolute atomic E-state index is 10.5. The maximum Gasteiger partial charge on any atom is 0.186 e. The molecule has 0 amide bonds. The molecule has 1 aliphatic heterocycles. The van der Waals surface area contributed by atoms with Crippen LogP contribution in [0.5, 0.6) is 0 Å². The lowest BCUT2D eigenvalue weighted by Gasteiger charge is -2.61. The van der Waals surface area contributed by atoms with E-state index >= 15 is 0 Å². The molecule has 6 heteroatoms. The lowest BCUT2D eigenvalue weighted by molar-refractivity contribution is -0.316. The van der Waals surface area contributed by atoms with Crippen LogP contribution in [0.2, 0.25) is 0 Å². The Kier molecular flexibility index (Phi) is 9.14. The van der Waals surface area contributed by atoms with Gasteiger partial charge in [0.25, 0.3) is 0 Å². The van der Waals surface area contributed by atoms with Crippen LogP contribution >= 0.6 is 0 Å². The fourth-order valence-electron chi connectivity index (χ4n) is 10.7. The van der Waals surface area contributed by atoms with E-state index in [1.54, 1.807) is 0 Å². The van der Waals surface area contributed by atoms with Crippen LogP contribution in [0.3, 0.4) is 0 Å². The van der Waals surface area contributed by atoms with Crippen LogP contribution in [0.15, 0.2) is 0 Å². The molecule has 0 radical (unpaired) electrons. The molecule has 226 valence electrons. The van der Waals surface area contributed by atoms with E-state index < -0.39 is 37.3 Å². The van der Waals surface area contributed by atoms with Crippen molar-refractivity contribution in [2.75, 3.05) is 6.61 Å². The summed E-state index contributed by atoms with van der Waals surface area (Å²) in [7, 11) is 0. The molecular formula is C33H58O6. The third kappa shape index (κ3) is 5.49. The molecule has 6 nitrogen and oxygen atoms in total. The zero-order chi connectivity index (χ0) is 28.1. The molecule has 14 atom stereocenters. The Bertz CT molecular complexity index is 818. The third-order valence-corrected chi connectivity index (χ3v) is 13.0. The van der Waals surface area contributed by atoms with Gasteiger partial charge in [-0.3, -0.25) is 0 Å². The molecule has 0 spiro atoms. The predicted molar refractivity (Wildman–Crippen MR) is 152 cm³/mol. The predicted octanol–water partition coefficient (Wildman–Crippen LogP) is 5.29. The van der Waals surface area contributed by atoms with Crippen molar-refractivity contribution >= 4 is 0 Å². The summed E-state index contributed by atoms with van der Waals surface area (Å²) in [6, 6.07) is 0. The maximum atomic E-state index is 10.5. The van der Waals surface area contributed by atoms with E-state index in [2.05, 4.69) is 34.6 Å². The summed E-state index contributed by atoms with van der Waals surface area (Å²) in [5.74, 6) is 5.71. The van der Waals surface area contributed by atoms with Crippen LogP contribution in [0, 0.1) is 52.3 Å². The highest BCUT2D eigenvalue weighted by molar-refractivity contribution is 5.10. The highest BCUT2D eigenvalue weighted by Gasteiger charge is 2.61. The molecule has 0 aromatic carbocycles. The molecule has 4 aliphatic carbocycles. The Morgan fingerprint density at radius 2 is 1.54 bits per heavy atom. The molecule has 39 heavy (non-hydrogen) atoms. The molecule has 5 fully saturated rings. The van der Waals surface area contributed by atoms with E-state index in [1.807, 2.05) is 0 Å². The van der Waals surface area contributed by atoms with Gasteiger partial charge in [-0.2, -0.15) is 0 Å². The van der Waals surface area contributed by atoms with E-state index in [0.717, 1.165) is 54.8 Å². The zero-order valence-corrected chi connectivity index (χ0v) is 25.3. The minimum absolute atomic E-state index is 0.0301. The third-order valence-electron chi connectivity index (χ3n) is 13.0. The number of hydrogen-bond donors (Lipinski definition) is 4. The highest BCUT2D eigenvalue weighted by atomic mass is 16.7. The van der Waals surface area contributed by atoms with Gasteiger partial charge in [-0.05, 0) is 110 Å². The number of hydrogen-bond acceptors (Lipinski definition) is 6. The van der Waals surface area contributed by atoms with Crippen LogP contribution in [0.25, 0.3) is 0 Å². The lowest BCUT2D eigenvalue weighted by atomic mass is 9.44. The van der Waals surface area contributed by atoms with Gasteiger partial charge in [0.05, 0.1) is 12.7 Å². The summed E-state index contributed by atoms with van der Waals surface area (Å²) in [4.78, 5) is 0. The van der Waals surface area contributed by atoms with Crippen molar-refractivity contribution in [3.63, 3.8) is 0 Å². The normalized spacial score (nSPS) is 50.8.